The molecular formula is C14H19ClN4O2. The Morgan fingerprint density at radius 3 is 2.86 bits per heavy atom. The molecule has 1 aromatic heterocycles. The molecule has 2 heterocycles. The molecule has 114 valence electrons. The van der Waals surface area contributed by atoms with Crippen LogP contribution in [0.4, 0.5) is 10.6 Å². The van der Waals surface area contributed by atoms with Crippen molar-refractivity contribution in [3.05, 3.63) is 17.5 Å². The molecule has 1 unspecified atom stereocenters. The third-order valence-corrected chi connectivity index (χ3v) is 5.10. The number of nitrogens with zero attached hydrogens (tertiary/aromatic N) is 4. The molecule has 1 amide bonds. The maximum Gasteiger partial charge on any atom is 0.407 e. The Labute approximate surface area is 128 Å². The first-order chi connectivity index (χ1) is 10.0. The molecule has 0 aromatic carbocycles. The first-order valence-corrected chi connectivity index (χ1v) is 7.59. The second-order valence-electron chi connectivity index (χ2n) is 6.04. The maximum absolute atomic E-state index is 11.4. The highest BCUT2D eigenvalue weighted by Gasteiger charge is 2.51. The van der Waals surface area contributed by atoms with E-state index in [1.165, 1.54) is 17.7 Å². The lowest BCUT2D eigenvalue weighted by Crippen LogP contribution is -2.44. The Balaban J connectivity index is 1.89. The zero-order valence-corrected chi connectivity index (χ0v) is 12.8. The minimum atomic E-state index is -0.835. The zero-order chi connectivity index (χ0) is 15.0. The van der Waals surface area contributed by atoms with Crippen LogP contribution in [-0.4, -0.2) is 52.2 Å². The molecule has 6 nitrogen and oxygen atoms in total. The third-order valence-electron chi connectivity index (χ3n) is 4.92. The Kier molecular flexibility index (Phi) is 3.65. The van der Waals surface area contributed by atoms with Crippen LogP contribution in [0.15, 0.2) is 12.3 Å². The van der Waals surface area contributed by atoms with Crippen molar-refractivity contribution in [1.82, 2.24) is 14.9 Å². The van der Waals surface area contributed by atoms with Gasteiger partial charge in [-0.1, -0.05) is 12.8 Å². The predicted octanol–water partition coefficient (Wildman–Crippen LogP) is 2.49. The summed E-state index contributed by atoms with van der Waals surface area (Å²) >= 11 is 5.87. The SMILES string of the molecule is CN(c1ccnc(Cl)n1)C1CN(C(=O)O)CC12CCCC2. The van der Waals surface area contributed by atoms with Gasteiger partial charge >= 0.3 is 6.09 Å². The number of rotatable bonds is 2. The summed E-state index contributed by atoms with van der Waals surface area (Å²) in [6, 6.07) is 1.96. The molecule has 2 fully saturated rings. The van der Waals surface area contributed by atoms with Crippen LogP contribution < -0.4 is 4.90 Å². The van der Waals surface area contributed by atoms with E-state index in [0.717, 1.165) is 18.7 Å². The van der Waals surface area contributed by atoms with Gasteiger partial charge in [-0.2, -0.15) is 0 Å². The van der Waals surface area contributed by atoms with Crippen LogP contribution in [0, 0.1) is 5.41 Å². The van der Waals surface area contributed by atoms with E-state index in [2.05, 4.69) is 14.9 Å². The van der Waals surface area contributed by atoms with Gasteiger partial charge in [-0.3, -0.25) is 0 Å². The molecule has 0 radical (unpaired) electrons. The van der Waals surface area contributed by atoms with Gasteiger partial charge in [0, 0.05) is 31.7 Å². The topological polar surface area (TPSA) is 69.6 Å². The van der Waals surface area contributed by atoms with Crippen molar-refractivity contribution in [2.24, 2.45) is 5.41 Å². The number of likely N-dealkylation sites (tertiary alicyclic amines) is 1. The molecule has 2 aliphatic rings. The number of amides is 1. The van der Waals surface area contributed by atoms with Crippen molar-refractivity contribution in [2.45, 2.75) is 31.7 Å². The molecule has 1 aromatic rings. The first kappa shape index (κ1) is 14.4. The molecule has 1 saturated heterocycles. The Bertz CT molecular complexity index is 548. The largest absolute Gasteiger partial charge is 0.465 e. The van der Waals surface area contributed by atoms with E-state index in [1.54, 1.807) is 6.20 Å². The predicted molar refractivity (Wildman–Crippen MR) is 79.7 cm³/mol. The number of anilines is 1. The van der Waals surface area contributed by atoms with Gasteiger partial charge in [-0.05, 0) is 30.5 Å². The fraction of sp³-hybridized carbons (Fsp3) is 0.643. The monoisotopic (exact) mass is 310 g/mol. The average Bonchev–Trinajstić information content (AvgIpc) is 3.07. The van der Waals surface area contributed by atoms with Gasteiger partial charge in [0.1, 0.15) is 5.82 Å². The van der Waals surface area contributed by atoms with Crippen molar-refractivity contribution in [1.29, 1.82) is 0 Å². The van der Waals surface area contributed by atoms with Crippen LogP contribution >= 0.6 is 11.6 Å². The number of carbonyl (C=O) groups is 1. The lowest BCUT2D eigenvalue weighted by atomic mass is 9.80. The van der Waals surface area contributed by atoms with Crippen molar-refractivity contribution in [3.8, 4) is 0 Å². The molecule has 1 N–H and O–H groups in total. The molecular weight excluding hydrogens is 292 g/mol. The van der Waals surface area contributed by atoms with E-state index < -0.39 is 6.09 Å². The molecule has 1 aliphatic carbocycles. The summed E-state index contributed by atoms with van der Waals surface area (Å²) in [6.45, 7) is 1.14. The van der Waals surface area contributed by atoms with Gasteiger partial charge in [-0.15, -0.1) is 0 Å². The second-order valence-corrected chi connectivity index (χ2v) is 6.38. The van der Waals surface area contributed by atoms with Crippen LogP contribution in [0.5, 0.6) is 0 Å². The van der Waals surface area contributed by atoms with Crippen LogP contribution in [0.2, 0.25) is 5.28 Å². The molecule has 1 atom stereocenters. The van der Waals surface area contributed by atoms with E-state index in [4.69, 9.17) is 11.6 Å². The van der Waals surface area contributed by atoms with Crippen LogP contribution in [0.25, 0.3) is 0 Å². The van der Waals surface area contributed by atoms with Gasteiger partial charge in [0.25, 0.3) is 0 Å². The Hall–Kier alpha value is -1.56. The number of hydrogen-bond donors (Lipinski definition) is 1. The molecule has 7 heteroatoms. The van der Waals surface area contributed by atoms with Crippen LogP contribution in [0.3, 0.4) is 0 Å². The van der Waals surface area contributed by atoms with E-state index in [-0.39, 0.29) is 16.7 Å². The standard InChI is InChI=1S/C14H19ClN4O2/c1-18(11-4-7-16-12(15)17-11)10-8-19(13(20)21)9-14(10)5-2-3-6-14/h4,7,10H,2-3,5-6,8-9H2,1H3,(H,20,21). The third kappa shape index (κ3) is 2.52. The van der Waals surface area contributed by atoms with Gasteiger partial charge in [-0.25, -0.2) is 14.8 Å². The number of likely N-dealkylation sites (N-methyl/N-ethyl adjacent to an activating group) is 1. The zero-order valence-electron chi connectivity index (χ0n) is 12.0. The summed E-state index contributed by atoms with van der Waals surface area (Å²) in [5, 5.41) is 9.55. The summed E-state index contributed by atoms with van der Waals surface area (Å²) in [4.78, 5) is 23.1. The lowest BCUT2D eigenvalue weighted by molar-refractivity contribution is 0.149. The normalized spacial score (nSPS) is 23.7. The summed E-state index contributed by atoms with van der Waals surface area (Å²) in [5.74, 6) is 0.749. The average molecular weight is 311 g/mol. The number of aromatic nitrogens is 2. The van der Waals surface area contributed by atoms with Crippen molar-refractivity contribution in [2.75, 3.05) is 25.0 Å². The van der Waals surface area contributed by atoms with Gasteiger partial charge in [0.05, 0.1) is 6.04 Å². The van der Waals surface area contributed by atoms with E-state index >= 15 is 0 Å². The van der Waals surface area contributed by atoms with E-state index in [1.807, 2.05) is 13.1 Å². The van der Waals surface area contributed by atoms with Crippen molar-refractivity contribution < 1.29 is 9.90 Å². The summed E-state index contributed by atoms with van der Waals surface area (Å²) in [5.41, 5.74) is 0.0462. The van der Waals surface area contributed by atoms with Gasteiger partial charge < -0.3 is 14.9 Å². The van der Waals surface area contributed by atoms with Gasteiger partial charge in [0.2, 0.25) is 5.28 Å². The second kappa shape index (κ2) is 5.33. The van der Waals surface area contributed by atoms with Crippen molar-refractivity contribution in [3.63, 3.8) is 0 Å². The molecule has 3 rings (SSSR count). The highest BCUT2D eigenvalue weighted by molar-refractivity contribution is 6.28. The molecule has 1 spiro atoms. The molecule has 0 bridgehead atoms. The van der Waals surface area contributed by atoms with Crippen LogP contribution in [-0.2, 0) is 0 Å². The number of halogens is 1. The quantitative estimate of drug-likeness (QED) is 0.850. The fourth-order valence-corrected chi connectivity index (χ4v) is 4.03. The Morgan fingerprint density at radius 2 is 2.24 bits per heavy atom. The summed E-state index contributed by atoms with van der Waals surface area (Å²) in [6.07, 6.45) is 5.28. The van der Waals surface area contributed by atoms with Crippen LogP contribution in [0.1, 0.15) is 25.7 Å². The van der Waals surface area contributed by atoms with Gasteiger partial charge in [0.15, 0.2) is 0 Å². The fourth-order valence-electron chi connectivity index (χ4n) is 3.88. The highest BCUT2D eigenvalue weighted by Crippen LogP contribution is 2.47. The Morgan fingerprint density at radius 1 is 1.52 bits per heavy atom. The molecule has 1 aliphatic heterocycles. The summed E-state index contributed by atoms with van der Waals surface area (Å²) < 4.78 is 0. The minimum Gasteiger partial charge on any atom is -0.465 e. The molecule has 21 heavy (non-hydrogen) atoms. The van der Waals surface area contributed by atoms with E-state index in [0.29, 0.717) is 13.1 Å². The maximum atomic E-state index is 11.4. The first-order valence-electron chi connectivity index (χ1n) is 7.21. The van der Waals surface area contributed by atoms with E-state index in [9.17, 15) is 9.90 Å². The number of carboxylic acid groups (broad SMARTS) is 1. The number of hydrogen-bond acceptors (Lipinski definition) is 4. The van der Waals surface area contributed by atoms with Crippen molar-refractivity contribution >= 4 is 23.5 Å². The molecule has 1 saturated carbocycles. The smallest absolute Gasteiger partial charge is 0.407 e. The summed E-state index contributed by atoms with van der Waals surface area (Å²) in [7, 11) is 1.97. The minimum absolute atomic E-state index is 0.0462. The highest BCUT2D eigenvalue weighted by atomic mass is 35.5. The lowest BCUT2D eigenvalue weighted by Gasteiger charge is -2.36.